The molecule has 18 heavy (non-hydrogen) atoms. The van der Waals surface area contributed by atoms with Crippen molar-refractivity contribution in [2.75, 3.05) is 26.4 Å². The van der Waals surface area contributed by atoms with E-state index in [1.165, 1.54) is 0 Å². The fraction of sp³-hybridized carbons (Fsp3) is 0.417. The third-order valence-electron chi connectivity index (χ3n) is 2.88. The molecule has 1 N–H and O–H groups in total. The first-order chi connectivity index (χ1) is 8.63. The summed E-state index contributed by atoms with van der Waals surface area (Å²) >= 11 is 10.2. The second kappa shape index (κ2) is 5.93. The normalized spacial score (nSPS) is 19.9. The molecule has 0 aliphatic carbocycles. The highest BCUT2D eigenvalue weighted by molar-refractivity contribution is 7.80. The maximum Gasteiger partial charge on any atom is 0.255 e. The predicted molar refractivity (Wildman–Crippen MR) is 71.4 cm³/mol. The number of hydrogen-bond acceptors (Lipinski definition) is 4. The summed E-state index contributed by atoms with van der Waals surface area (Å²) in [6.07, 6.45) is 0. The van der Waals surface area contributed by atoms with Crippen LogP contribution in [-0.4, -0.2) is 48.3 Å². The fourth-order valence-electron chi connectivity index (χ4n) is 1.91. The largest absolute Gasteiger partial charge is 0.394 e. The van der Waals surface area contributed by atoms with Crippen molar-refractivity contribution in [2.24, 2.45) is 0 Å². The molecule has 1 aliphatic rings. The monoisotopic (exact) mass is 287 g/mol. The van der Waals surface area contributed by atoms with Crippen LogP contribution in [0.15, 0.2) is 23.1 Å². The third kappa shape index (κ3) is 2.80. The van der Waals surface area contributed by atoms with Gasteiger partial charge in [0.2, 0.25) is 0 Å². The minimum atomic E-state index is -0.314. The number of benzene rings is 1. The second-order valence-corrected chi connectivity index (χ2v) is 5.00. The van der Waals surface area contributed by atoms with E-state index in [1.807, 2.05) is 0 Å². The Kier molecular flexibility index (Phi) is 4.50. The number of ether oxygens (including phenoxy) is 1. The number of thiol groups is 1. The standard InChI is InChI=1S/C12H14ClNO3S/c13-11-2-1-9(18)5-10(11)12(16)14-3-4-17-7-8(14)6-15/h1-2,5,8,15,18H,3-4,6-7H2. The number of aliphatic hydroxyl groups is 1. The molecule has 0 aromatic heterocycles. The van der Waals surface area contributed by atoms with Crippen LogP contribution in [0.25, 0.3) is 0 Å². The van der Waals surface area contributed by atoms with Crippen LogP contribution in [0.5, 0.6) is 0 Å². The van der Waals surface area contributed by atoms with Gasteiger partial charge in [0.15, 0.2) is 0 Å². The van der Waals surface area contributed by atoms with E-state index in [0.717, 1.165) is 0 Å². The zero-order valence-corrected chi connectivity index (χ0v) is 11.3. The number of nitrogens with zero attached hydrogens (tertiary/aromatic N) is 1. The molecule has 1 fully saturated rings. The van der Waals surface area contributed by atoms with E-state index in [0.29, 0.717) is 35.2 Å². The highest BCUT2D eigenvalue weighted by atomic mass is 35.5. The van der Waals surface area contributed by atoms with Gasteiger partial charge in [-0.05, 0) is 18.2 Å². The quantitative estimate of drug-likeness (QED) is 0.810. The molecule has 4 nitrogen and oxygen atoms in total. The van der Waals surface area contributed by atoms with Crippen LogP contribution < -0.4 is 0 Å². The van der Waals surface area contributed by atoms with Crippen LogP contribution in [0.3, 0.4) is 0 Å². The van der Waals surface area contributed by atoms with Crippen molar-refractivity contribution in [3.63, 3.8) is 0 Å². The van der Waals surface area contributed by atoms with Gasteiger partial charge in [0.1, 0.15) is 0 Å². The van der Waals surface area contributed by atoms with Gasteiger partial charge >= 0.3 is 0 Å². The summed E-state index contributed by atoms with van der Waals surface area (Å²) < 4.78 is 5.24. The van der Waals surface area contributed by atoms with Gasteiger partial charge in [-0.25, -0.2) is 0 Å². The smallest absolute Gasteiger partial charge is 0.255 e. The van der Waals surface area contributed by atoms with Crippen LogP contribution in [-0.2, 0) is 4.74 Å². The van der Waals surface area contributed by atoms with Gasteiger partial charge in [0, 0.05) is 11.4 Å². The lowest BCUT2D eigenvalue weighted by atomic mass is 10.1. The molecule has 0 radical (unpaired) electrons. The molecule has 1 aliphatic heterocycles. The summed E-state index contributed by atoms with van der Waals surface area (Å²) in [5, 5.41) is 9.65. The first-order valence-electron chi connectivity index (χ1n) is 5.61. The van der Waals surface area contributed by atoms with E-state index in [-0.39, 0.29) is 18.6 Å². The van der Waals surface area contributed by atoms with Crippen LogP contribution in [0.2, 0.25) is 5.02 Å². The Balaban J connectivity index is 2.26. The summed E-state index contributed by atoms with van der Waals surface area (Å²) in [5.74, 6) is -0.196. The van der Waals surface area contributed by atoms with Crippen molar-refractivity contribution in [1.29, 1.82) is 0 Å². The molecule has 1 atom stereocenters. The number of rotatable bonds is 2. The molecule has 0 saturated carbocycles. The Morgan fingerprint density at radius 2 is 2.39 bits per heavy atom. The number of halogens is 1. The number of carbonyl (C=O) groups excluding carboxylic acids is 1. The third-order valence-corrected chi connectivity index (χ3v) is 3.49. The Morgan fingerprint density at radius 1 is 1.61 bits per heavy atom. The van der Waals surface area contributed by atoms with Crippen molar-refractivity contribution in [3.05, 3.63) is 28.8 Å². The molecular formula is C12H14ClNO3S. The van der Waals surface area contributed by atoms with Gasteiger partial charge < -0.3 is 14.7 Å². The SMILES string of the molecule is O=C(c1cc(S)ccc1Cl)N1CCOCC1CO. The number of carbonyl (C=O) groups is 1. The molecule has 0 bridgehead atoms. The summed E-state index contributed by atoms with van der Waals surface area (Å²) in [7, 11) is 0. The van der Waals surface area contributed by atoms with Gasteiger partial charge in [-0.15, -0.1) is 12.6 Å². The summed E-state index contributed by atoms with van der Waals surface area (Å²) in [6.45, 7) is 1.15. The molecule has 1 unspecified atom stereocenters. The molecule has 1 aromatic rings. The van der Waals surface area contributed by atoms with Gasteiger partial charge in [0.25, 0.3) is 5.91 Å². The Hall–Kier alpha value is -0.750. The second-order valence-electron chi connectivity index (χ2n) is 4.07. The molecular weight excluding hydrogens is 274 g/mol. The van der Waals surface area contributed by atoms with Crippen LogP contribution >= 0.6 is 24.2 Å². The number of amides is 1. The predicted octanol–water partition coefficient (Wildman–Crippen LogP) is 1.46. The highest BCUT2D eigenvalue weighted by Crippen LogP contribution is 2.22. The highest BCUT2D eigenvalue weighted by Gasteiger charge is 2.28. The zero-order chi connectivity index (χ0) is 13.1. The first kappa shape index (κ1) is 13.7. The van der Waals surface area contributed by atoms with E-state index in [2.05, 4.69) is 12.6 Å². The summed E-state index contributed by atoms with van der Waals surface area (Å²) in [4.78, 5) is 14.7. The average Bonchev–Trinajstić information content (AvgIpc) is 2.40. The number of hydrogen-bond donors (Lipinski definition) is 2. The first-order valence-corrected chi connectivity index (χ1v) is 6.44. The Labute approximate surface area is 116 Å². The summed E-state index contributed by atoms with van der Waals surface area (Å²) in [6, 6.07) is 4.69. The molecule has 98 valence electrons. The Morgan fingerprint density at radius 3 is 3.11 bits per heavy atom. The van der Waals surface area contributed by atoms with Gasteiger partial charge in [-0.2, -0.15) is 0 Å². The van der Waals surface area contributed by atoms with E-state index in [4.69, 9.17) is 16.3 Å². The topological polar surface area (TPSA) is 49.8 Å². The zero-order valence-electron chi connectivity index (χ0n) is 9.67. The molecule has 1 amide bonds. The maximum atomic E-state index is 12.4. The molecule has 2 rings (SSSR count). The van der Waals surface area contributed by atoms with Crippen molar-refractivity contribution in [2.45, 2.75) is 10.9 Å². The lowest BCUT2D eigenvalue weighted by molar-refractivity contribution is -0.0184. The van der Waals surface area contributed by atoms with Crippen LogP contribution in [0.1, 0.15) is 10.4 Å². The average molecular weight is 288 g/mol. The van der Waals surface area contributed by atoms with Crippen LogP contribution in [0.4, 0.5) is 0 Å². The molecule has 1 aromatic carbocycles. The van der Waals surface area contributed by atoms with Gasteiger partial charge in [-0.1, -0.05) is 11.6 Å². The van der Waals surface area contributed by atoms with Crippen molar-refractivity contribution in [3.8, 4) is 0 Å². The molecule has 1 saturated heterocycles. The maximum absolute atomic E-state index is 12.4. The van der Waals surface area contributed by atoms with E-state index in [1.54, 1.807) is 23.1 Å². The molecule has 1 heterocycles. The lowest BCUT2D eigenvalue weighted by Crippen LogP contribution is -2.50. The van der Waals surface area contributed by atoms with Gasteiger partial charge in [-0.3, -0.25) is 4.79 Å². The lowest BCUT2D eigenvalue weighted by Gasteiger charge is -2.34. The minimum Gasteiger partial charge on any atom is -0.394 e. The Bertz CT molecular complexity index is 455. The van der Waals surface area contributed by atoms with Crippen molar-refractivity contribution < 1.29 is 14.6 Å². The number of aliphatic hydroxyl groups excluding tert-OH is 1. The van der Waals surface area contributed by atoms with Crippen molar-refractivity contribution in [1.82, 2.24) is 4.90 Å². The fourth-order valence-corrected chi connectivity index (χ4v) is 2.31. The van der Waals surface area contributed by atoms with E-state index >= 15 is 0 Å². The molecule has 6 heteroatoms. The van der Waals surface area contributed by atoms with E-state index < -0.39 is 0 Å². The van der Waals surface area contributed by atoms with Crippen molar-refractivity contribution >= 4 is 30.1 Å². The van der Waals surface area contributed by atoms with E-state index in [9.17, 15) is 9.90 Å². The number of morpholine rings is 1. The summed E-state index contributed by atoms with van der Waals surface area (Å²) in [5.41, 5.74) is 0.407. The van der Waals surface area contributed by atoms with Gasteiger partial charge in [0.05, 0.1) is 36.4 Å². The molecule has 0 spiro atoms. The minimum absolute atomic E-state index is 0.121. The van der Waals surface area contributed by atoms with Crippen LogP contribution in [0, 0.1) is 0 Å².